The molecule has 3 aromatic rings. The molecule has 0 saturated carbocycles. The summed E-state index contributed by atoms with van der Waals surface area (Å²) in [4.78, 5) is 33.0. The molecule has 3 aromatic carbocycles. The van der Waals surface area contributed by atoms with E-state index in [-0.39, 0.29) is 36.1 Å². The highest BCUT2D eigenvalue weighted by molar-refractivity contribution is 8.15. The summed E-state index contributed by atoms with van der Waals surface area (Å²) in [5, 5.41) is 0.340. The minimum atomic E-state index is -1.09. The summed E-state index contributed by atoms with van der Waals surface area (Å²) in [7, 11) is 0. The number of β-lactam (4-membered cyclic amide) rings is 1. The van der Waals surface area contributed by atoms with E-state index < -0.39 is 11.5 Å². The van der Waals surface area contributed by atoms with Gasteiger partial charge in [0.15, 0.2) is 5.54 Å². The number of rotatable bonds is 9. The average molecular weight is 499 g/mol. The number of carbonyl (C=O) groups excluding carboxylic acids is 2. The Hall–Kier alpha value is -3.84. The van der Waals surface area contributed by atoms with Crippen molar-refractivity contribution in [2.24, 2.45) is 4.99 Å². The van der Waals surface area contributed by atoms with Gasteiger partial charge in [0.1, 0.15) is 29.3 Å². The third-order valence-corrected chi connectivity index (χ3v) is 7.54. The van der Waals surface area contributed by atoms with E-state index in [1.54, 1.807) is 11.8 Å². The van der Waals surface area contributed by atoms with Crippen LogP contribution in [0.1, 0.15) is 24.0 Å². The number of hydrogen-bond donors (Lipinski definition) is 0. The van der Waals surface area contributed by atoms with Crippen LogP contribution in [0.5, 0.6) is 5.75 Å². The number of ether oxygens (including phenoxy) is 2. The molecule has 2 aliphatic heterocycles. The lowest BCUT2D eigenvalue weighted by atomic mass is 9.69. The van der Waals surface area contributed by atoms with Crippen LogP contribution in [-0.2, 0) is 14.3 Å². The fourth-order valence-corrected chi connectivity index (χ4v) is 6.16. The molecule has 1 saturated heterocycles. The van der Waals surface area contributed by atoms with Crippen LogP contribution in [0.25, 0.3) is 0 Å². The fourth-order valence-electron chi connectivity index (χ4n) is 4.80. The molecule has 0 aliphatic carbocycles. The molecule has 2 unspecified atom stereocenters. The van der Waals surface area contributed by atoms with Crippen LogP contribution in [0, 0.1) is 0 Å². The van der Waals surface area contributed by atoms with Crippen molar-refractivity contribution in [2.45, 2.75) is 23.8 Å². The Kier molecular flexibility index (Phi) is 6.65. The molecule has 0 radical (unpaired) electrons. The lowest BCUT2D eigenvalue weighted by Gasteiger charge is -2.53. The van der Waals surface area contributed by atoms with Gasteiger partial charge in [0.2, 0.25) is 0 Å². The molecule has 2 atom stereocenters. The van der Waals surface area contributed by atoms with Crippen molar-refractivity contribution in [1.82, 2.24) is 4.90 Å². The van der Waals surface area contributed by atoms with Crippen LogP contribution < -0.4 is 4.74 Å². The van der Waals surface area contributed by atoms with Crippen LogP contribution in [-0.4, -0.2) is 45.9 Å². The molecule has 182 valence electrons. The van der Waals surface area contributed by atoms with Crippen molar-refractivity contribution >= 4 is 28.7 Å². The topological polar surface area (TPSA) is 68.2 Å². The number of esters is 1. The minimum absolute atomic E-state index is 0.163. The largest absolute Gasteiger partial charge is 0.487 e. The molecule has 36 heavy (non-hydrogen) atoms. The average Bonchev–Trinajstić information content (AvgIpc) is 3.23. The Morgan fingerprint density at radius 1 is 1.00 bits per heavy atom. The molecule has 0 aromatic heterocycles. The zero-order chi connectivity index (χ0) is 25.1. The number of allylic oxidation sites excluding steroid dienone is 1. The predicted molar refractivity (Wildman–Crippen MR) is 141 cm³/mol. The van der Waals surface area contributed by atoms with Crippen LogP contribution in [0.3, 0.4) is 0 Å². The zero-order valence-electron chi connectivity index (χ0n) is 19.9. The molecular weight excluding hydrogens is 472 g/mol. The van der Waals surface area contributed by atoms with E-state index in [9.17, 15) is 9.59 Å². The number of carbonyl (C=O) groups is 2. The molecule has 1 amide bonds. The van der Waals surface area contributed by atoms with E-state index in [1.807, 2.05) is 91.0 Å². The highest BCUT2D eigenvalue weighted by atomic mass is 32.2. The van der Waals surface area contributed by atoms with Crippen molar-refractivity contribution in [3.63, 3.8) is 0 Å². The van der Waals surface area contributed by atoms with E-state index in [2.05, 4.69) is 6.58 Å². The molecule has 0 spiro atoms. The van der Waals surface area contributed by atoms with Crippen molar-refractivity contribution in [2.75, 3.05) is 13.2 Å². The van der Waals surface area contributed by atoms with Gasteiger partial charge in [-0.1, -0.05) is 97.2 Å². The van der Waals surface area contributed by atoms with Gasteiger partial charge in [-0.05, 0) is 30.2 Å². The molecule has 0 bridgehead atoms. The molecule has 2 aliphatic rings. The van der Waals surface area contributed by atoms with Crippen molar-refractivity contribution < 1.29 is 19.1 Å². The normalized spacial score (nSPS) is 20.4. The van der Waals surface area contributed by atoms with Crippen molar-refractivity contribution in [3.05, 3.63) is 114 Å². The summed E-state index contributed by atoms with van der Waals surface area (Å²) in [6, 6.07) is 29.4. The molecule has 6 nitrogen and oxygen atoms in total. The van der Waals surface area contributed by atoms with Gasteiger partial charge in [0.25, 0.3) is 5.91 Å². The number of likely N-dealkylation sites (tertiary alicyclic amines) is 1. The molecule has 1 fully saturated rings. The van der Waals surface area contributed by atoms with Crippen LogP contribution >= 0.6 is 11.8 Å². The lowest BCUT2D eigenvalue weighted by Crippen LogP contribution is -2.73. The molecular formula is C29H26N2O4S. The molecule has 0 N–H and O–H groups in total. The number of amides is 1. The van der Waals surface area contributed by atoms with Gasteiger partial charge in [-0.3, -0.25) is 9.79 Å². The quantitative estimate of drug-likeness (QED) is 0.235. The van der Waals surface area contributed by atoms with Crippen LogP contribution in [0.2, 0.25) is 0 Å². The van der Waals surface area contributed by atoms with E-state index >= 15 is 0 Å². The van der Waals surface area contributed by atoms with E-state index in [4.69, 9.17) is 14.5 Å². The summed E-state index contributed by atoms with van der Waals surface area (Å²) in [5.74, 6) is -0.0310. The second kappa shape index (κ2) is 10.0. The summed E-state index contributed by atoms with van der Waals surface area (Å²) < 4.78 is 11.1. The Bertz CT molecular complexity index is 1260. The van der Waals surface area contributed by atoms with Gasteiger partial charge in [-0.2, -0.15) is 0 Å². The standard InChI is InChI=1S/C29H26N2O4S/c1-20(2)35-25(32)18-31-27(33)29(26(21-12-6-3-7-13-21)22-14-8-4-9-15-22)28(31)36-24(30-29)19-34-23-16-10-5-11-17-23/h3-17,26,28H,1,18-19H2,2H3. The number of fused-ring (bicyclic) bond motifs is 1. The van der Waals surface area contributed by atoms with Gasteiger partial charge in [0, 0.05) is 5.92 Å². The maximum absolute atomic E-state index is 13.9. The molecule has 7 heteroatoms. The van der Waals surface area contributed by atoms with Gasteiger partial charge in [0.05, 0.1) is 5.76 Å². The maximum atomic E-state index is 13.9. The second-order valence-corrected chi connectivity index (χ2v) is 9.92. The number of hydrogen-bond acceptors (Lipinski definition) is 6. The number of aliphatic imine (C=N–C) groups is 1. The number of nitrogens with zero attached hydrogens (tertiary/aromatic N) is 2. The fraction of sp³-hybridized carbons (Fsp3) is 0.207. The minimum Gasteiger partial charge on any atom is -0.487 e. The Morgan fingerprint density at radius 2 is 1.56 bits per heavy atom. The highest BCUT2D eigenvalue weighted by Crippen LogP contribution is 2.56. The first-order valence-electron chi connectivity index (χ1n) is 11.7. The lowest BCUT2D eigenvalue weighted by molar-refractivity contribution is -0.160. The van der Waals surface area contributed by atoms with Gasteiger partial charge < -0.3 is 14.4 Å². The summed E-state index contributed by atoms with van der Waals surface area (Å²) >= 11 is 1.47. The predicted octanol–water partition coefficient (Wildman–Crippen LogP) is 5.03. The Balaban J connectivity index is 1.53. The first-order chi connectivity index (χ1) is 17.5. The summed E-state index contributed by atoms with van der Waals surface area (Å²) in [6.45, 7) is 5.31. The van der Waals surface area contributed by atoms with Gasteiger partial charge in [-0.25, -0.2) is 4.79 Å². The van der Waals surface area contributed by atoms with E-state index in [1.165, 1.54) is 11.8 Å². The third kappa shape index (κ3) is 4.42. The molecule has 5 rings (SSSR count). The van der Waals surface area contributed by atoms with E-state index in [0.717, 1.165) is 16.9 Å². The zero-order valence-corrected chi connectivity index (χ0v) is 20.7. The molecule has 2 heterocycles. The number of benzene rings is 3. The first-order valence-corrected chi connectivity index (χ1v) is 12.6. The second-order valence-electron chi connectivity index (χ2n) is 8.77. The Labute approximate surface area is 214 Å². The SMILES string of the molecule is C=C(C)OC(=O)CN1C(=O)C2(C(c3ccccc3)c3ccccc3)N=C(COc3ccccc3)SC12. The van der Waals surface area contributed by atoms with E-state index in [0.29, 0.717) is 5.04 Å². The third-order valence-electron chi connectivity index (χ3n) is 6.22. The number of para-hydroxylation sites is 1. The monoisotopic (exact) mass is 498 g/mol. The number of thioether (sulfide) groups is 1. The van der Waals surface area contributed by atoms with Gasteiger partial charge in [-0.15, -0.1) is 0 Å². The summed E-state index contributed by atoms with van der Waals surface area (Å²) in [6.07, 6.45) is 0. The van der Waals surface area contributed by atoms with Crippen LogP contribution in [0.15, 0.2) is 108 Å². The Morgan fingerprint density at radius 3 is 2.11 bits per heavy atom. The van der Waals surface area contributed by atoms with Crippen molar-refractivity contribution in [1.29, 1.82) is 0 Å². The highest BCUT2D eigenvalue weighted by Gasteiger charge is 2.69. The van der Waals surface area contributed by atoms with Crippen molar-refractivity contribution in [3.8, 4) is 5.75 Å². The van der Waals surface area contributed by atoms with Gasteiger partial charge >= 0.3 is 5.97 Å². The van der Waals surface area contributed by atoms with Crippen LogP contribution in [0.4, 0.5) is 0 Å². The smallest absolute Gasteiger partial charge is 0.330 e. The maximum Gasteiger partial charge on any atom is 0.330 e. The summed E-state index contributed by atoms with van der Waals surface area (Å²) in [5.41, 5.74) is 0.883. The first kappa shape index (κ1) is 23.9.